The second-order valence-electron chi connectivity index (χ2n) is 9.64. The van der Waals surface area contributed by atoms with Crippen molar-refractivity contribution in [2.75, 3.05) is 12.0 Å². The molecular weight excluding hydrogens is 504 g/mol. The van der Waals surface area contributed by atoms with Crippen molar-refractivity contribution in [1.82, 2.24) is 0 Å². The largest absolute Gasteiger partial charge is 0.507 e. The zero-order valence-electron chi connectivity index (χ0n) is 20.5. The van der Waals surface area contributed by atoms with Crippen molar-refractivity contribution in [2.24, 2.45) is 0 Å². The Morgan fingerprint density at radius 1 is 1.00 bits per heavy atom. The van der Waals surface area contributed by atoms with E-state index < -0.39 is 35.1 Å². The highest BCUT2D eigenvalue weighted by Gasteiger charge is 2.47. The molecule has 1 fully saturated rings. The van der Waals surface area contributed by atoms with E-state index in [1.165, 1.54) is 25.3 Å². The highest BCUT2D eigenvalue weighted by Crippen LogP contribution is 2.45. The van der Waals surface area contributed by atoms with Gasteiger partial charge in [-0.15, -0.1) is 0 Å². The summed E-state index contributed by atoms with van der Waals surface area (Å²) in [5, 5.41) is 21.4. The molecule has 0 aliphatic carbocycles. The van der Waals surface area contributed by atoms with Crippen molar-refractivity contribution in [3.05, 3.63) is 93.5 Å². The van der Waals surface area contributed by atoms with Gasteiger partial charge in [-0.05, 0) is 52.9 Å². The number of halogens is 3. The molecule has 0 aromatic heterocycles. The Balaban J connectivity index is 2.02. The molecule has 0 bridgehead atoms. The summed E-state index contributed by atoms with van der Waals surface area (Å²) < 4.78 is 33.2. The van der Waals surface area contributed by atoms with Gasteiger partial charge in [0.1, 0.15) is 17.3 Å². The number of benzene rings is 3. The zero-order valence-corrected chi connectivity index (χ0v) is 21.2. The minimum Gasteiger partial charge on any atom is -0.507 e. The molecule has 37 heavy (non-hydrogen) atoms. The van der Waals surface area contributed by atoms with Crippen LogP contribution in [0.4, 0.5) is 14.5 Å². The van der Waals surface area contributed by atoms with E-state index in [1.807, 2.05) is 26.8 Å². The number of ether oxygens (including phenoxy) is 1. The molecule has 1 amide bonds. The maximum Gasteiger partial charge on any atom is 0.300 e. The number of hydrogen-bond donors (Lipinski definition) is 2. The van der Waals surface area contributed by atoms with Crippen LogP contribution in [0.1, 0.15) is 43.5 Å². The number of hydrogen-bond acceptors (Lipinski definition) is 5. The van der Waals surface area contributed by atoms with Crippen LogP contribution in [0, 0.1) is 11.6 Å². The quantitative estimate of drug-likeness (QED) is 0.238. The number of aromatic hydroxyl groups is 1. The minimum atomic E-state index is -1.27. The molecular formula is C28H24ClF2NO5. The van der Waals surface area contributed by atoms with Gasteiger partial charge in [0, 0.05) is 11.8 Å². The summed E-state index contributed by atoms with van der Waals surface area (Å²) in [6, 6.07) is 10.7. The van der Waals surface area contributed by atoms with Gasteiger partial charge in [-0.3, -0.25) is 14.5 Å². The molecule has 1 unspecified atom stereocenters. The van der Waals surface area contributed by atoms with Gasteiger partial charge in [0.05, 0.1) is 29.3 Å². The van der Waals surface area contributed by atoms with Gasteiger partial charge < -0.3 is 14.9 Å². The van der Waals surface area contributed by atoms with Crippen molar-refractivity contribution in [3.8, 4) is 11.5 Å². The Bertz CT molecular complexity index is 1460. The maximum atomic E-state index is 14.1. The molecule has 1 heterocycles. The Kier molecular flexibility index (Phi) is 6.73. The average molecular weight is 528 g/mol. The van der Waals surface area contributed by atoms with Gasteiger partial charge in [-0.25, -0.2) is 8.78 Å². The fourth-order valence-electron chi connectivity index (χ4n) is 4.25. The van der Waals surface area contributed by atoms with E-state index in [9.17, 15) is 28.6 Å². The Morgan fingerprint density at radius 2 is 1.70 bits per heavy atom. The molecule has 1 saturated heterocycles. The summed E-state index contributed by atoms with van der Waals surface area (Å²) in [5.41, 5.74) is 0.523. The molecule has 6 nitrogen and oxygen atoms in total. The number of carbonyl (C=O) groups excluding carboxylic acids is 2. The molecule has 1 atom stereocenters. The number of aliphatic hydroxyl groups excluding tert-OH is 1. The lowest BCUT2D eigenvalue weighted by molar-refractivity contribution is -0.132. The lowest BCUT2D eigenvalue weighted by atomic mass is 9.85. The number of anilines is 1. The highest BCUT2D eigenvalue weighted by molar-refractivity contribution is 6.51. The number of phenols is 1. The van der Waals surface area contributed by atoms with E-state index in [1.54, 1.807) is 12.1 Å². The predicted octanol–water partition coefficient (Wildman–Crippen LogP) is 6.26. The highest BCUT2D eigenvalue weighted by atomic mass is 35.5. The number of Topliss-reactive ketones (excluding diaryl/α,β-unsaturated/α-hetero) is 1. The predicted molar refractivity (Wildman–Crippen MR) is 136 cm³/mol. The molecule has 1 aliphatic heterocycles. The SMILES string of the molecule is COc1ccc(C(C)(C)C)cc1/C(O)=C1\C(=O)C(=O)N(c2ccc(F)c(F)c2)C1c1ccc(O)c(Cl)c1. The molecule has 3 aromatic rings. The van der Waals surface area contributed by atoms with E-state index in [4.69, 9.17) is 16.3 Å². The van der Waals surface area contributed by atoms with Gasteiger partial charge in [-0.1, -0.05) is 44.5 Å². The monoisotopic (exact) mass is 527 g/mol. The molecule has 2 N–H and O–H groups in total. The Hall–Kier alpha value is -3.91. The number of rotatable bonds is 4. The van der Waals surface area contributed by atoms with Crippen molar-refractivity contribution in [2.45, 2.75) is 32.2 Å². The van der Waals surface area contributed by atoms with E-state index >= 15 is 0 Å². The summed E-state index contributed by atoms with van der Waals surface area (Å²) >= 11 is 6.12. The van der Waals surface area contributed by atoms with Crippen molar-refractivity contribution < 1.29 is 33.3 Å². The summed E-state index contributed by atoms with van der Waals surface area (Å²) in [7, 11) is 1.40. The first kappa shape index (κ1) is 26.2. The fraction of sp³-hybridized carbons (Fsp3) is 0.214. The topological polar surface area (TPSA) is 87.1 Å². The third-order valence-electron chi connectivity index (χ3n) is 6.23. The van der Waals surface area contributed by atoms with Crippen molar-refractivity contribution in [3.63, 3.8) is 0 Å². The second kappa shape index (κ2) is 9.52. The normalized spacial score (nSPS) is 17.4. The summed E-state index contributed by atoms with van der Waals surface area (Å²) in [6.07, 6.45) is 0. The average Bonchev–Trinajstić information content (AvgIpc) is 3.11. The molecule has 192 valence electrons. The standard InChI is InChI=1S/C28H24ClF2NO5/c1-28(2,3)15-6-10-22(37-4)17(12-15)25(34)23-24(14-5-9-21(33)18(29)11-14)32(27(36)26(23)35)16-7-8-19(30)20(31)13-16/h5-13,24,33-34H,1-4H3/b25-23+. The van der Waals surface area contributed by atoms with Gasteiger partial charge >= 0.3 is 0 Å². The summed E-state index contributed by atoms with van der Waals surface area (Å²) in [4.78, 5) is 27.6. The van der Waals surface area contributed by atoms with Crippen molar-refractivity contribution >= 4 is 34.7 Å². The smallest absolute Gasteiger partial charge is 0.300 e. The van der Waals surface area contributed by atoms with Gasteiger partial charge in [0.25, 0.3) is 11.7 Å². The molecule has 0 radical (unpaired) electrons. The number of nitrogens with zero attached hydrogens (tertiary/aromatic N) is 1. The van der Waals surface area contributed by atoms with Crippen LogP contribution >= 0.6 is 11.6 Å². The first-order chi connectivity index (χ1) is 17.3. The fourth-order valence-corrected chi connectivity index (χ4v) is 4.44. The van der Waals surface area contributed by atoms with Crippen LogP contribution in [-0.4, -0.2) is 29.0 Å². The molecule has 0 saturated carbocycles. The first-order valence-corrected chi connectivity index (χ1v) is 11.7. The molecule has 0 spiro atoms. The lowest BCUT2D eigenvalue weighted by Crippen LogP contribution is -2.29. The Morgan fingerprint density at radius 3 is 2.30 bits per heavy atom. The van der Waals surface area contributed by atoms with E-state index in [-0.39, 0.29) is 44.3 Å². The van der Waals surface area contributed by atoms with E-state index in [0.717, 1.165) is 28.7 Å². The lowest BCUT2D eigenvalue weighted by Gasteiger charge is -2.26. The van der Waals surface area contributed by atoms with Crippen LogP contribution in [0.2, 0.25) is 5.02 Å². The second-order valence-corrected chi connectivity index (χ2v) is 10.1. The maximum absolute atomic E-state index is 14.1. The van der Waals surface area contributed by atoms with Crippen LogP contribution in [0.15, 0.2) is 60.2 Å². The molecule has 9 heteroatoms. The first-order valence-electron chi connectivity index (χ1n) is 11.3. The number of phenolic OH excluding ortho intramolecular Hbond substituents is 1. The number of methoxy groups -OCH3 is 1. The number of amides is 1. The van der Waals surface area contributed by atoms with Crippen LogP contribution < -0.4 is 9.64 Å². The van der Waals surface area contributed by atoms with Gasteiger partial charge in [0.15, 0.2) is 11.6 Å². The van der Waals surface area contributed by atoms with Crippen LogP contribution in [0.25, 0.3) is 5.76 Å². The van der Waals surface area contributed by atoms with Crippen LogP contribution in [0.5, 0.6) is 11.5 Å². The Labute approximate surface area is 217 Å². The molecule has 1 aliphatic rings. The van der Waals surface area contributed by atoms with Gasteiger partial charge in [0.2, 0.25) is 0 Å². The molecule has 4 rings (SSSR count). The molecule has 3 aromatic carbocycles. The summed E-state index contributed by atoms with van der Waals surface area (Å²) in [6.45, 7) is 5.91. The van der Waals surface area contributed by atoms with Crippen LogP contribution in [0.3, 0.4) is 0 Å². The zero-order chi connectivity index (χ0) is 27.2. The minimum absolute atomic E-state index is 0.0688. The van der Waals surface area contributed by atoms with Gasteiger partial charge in [-0.2, -0.15) is 0 Å². The third kappa shape index (κ3) is 4.64. The van der Waals surface area contributed by atoms with E-state index in [2.05, 4.69) is 0 Å². The number of carbonyl (C=O) groups is 2. The third-order valence-corrected chi connectivity index (χ3v) is 6.54. The van der Waals surface area contributed by atoms with E-state index in [0.29, 0.717) is 0 Å². The number of ketones is 1. The van der Waals surface area contributed by atoms with Crippen molar-refractivity contribution in [1.29, 1.82) is 0 Å². The van der Waals surface area contributed by atoms with Crippen LogP contribution in [-0.2, 0) is 15.0 Å². The number of aliphatic hydroxyl groups is 1. The summed E-state index contributed by atoms with van der Waals surface area (Å²) in [5.74, 6) is -4.95.